The SMILES string of the molecule is CCCNCc1cc(Cl)ccc1OCCC(N)=O. The topological polar surface area (TPSA) is 64.3 Å². The predicted molar refractivity (Wildman–Crippen MR) is 72.8 cm³/mol. The van der Waals surface area contributed by atoms with Crippen molar-refractivity contribution >= 4 is 17.5 Å². The van der Waals surface area contributed by atoms with Crippen molar-refractivity contribution in [3.63, 3.8) is 0 Å². The summed E-state index contributed by atoms with van der Waals surface area (Å²) < 4.78 is 5.53. The summed E-state index contributed by atoms with van der Waals surface area (Å²) in [5.74, 6) is 0.374. The molecule has 0 atom stereocenters. The van der Waals surface area contributed by atoms with Crippen molar-refractivity contribution in [2.75, 3.05) is 13.2 Å². The number of hydrogen-bond donors (Lipinski definition) is 2. The smallest absolute Gasteiger partial charge is 0.220 e. The van der Waals surface area contributed by atoms with Crippen molar-refractivity contribution in [1.82, 2.24) is 5.32 Å². The highest BCUT2D eigenvalue weighted by Crippen LogP contribution is 2.23. The number of primary amides is 1. The molecular weight excluding hydrogens is 252 g/mol. The van der Waals surface area contributed by atoms with Gasteiger partial charge in [-0.2, -0.15) is 0 Å². The second-order valence-corrected chi connectivity index (χ2v) is 4.43. The van der Waals surface area contributed by atoms with Crippen LogP contribution in [-0.4, -0.2) is 19.1 Å². The Labute approximate surface area is 112 Å². The number of carbonyl (C=O) groups is 1. The summed E-state index contributed by atoms with van der Waals surface area (Å²) in [4.78, 5) is 10.6. The van der Waals surface area contributed by atoms with Crippen LogP contribution in [0.15, 0.2) is 18.2 Å². The molecule has 0 aliphatic carbocycles. The number of benzene rings is 1. The Morgan fingerprint density at radius 2 is 2.28 bits per heavy atom. The highest BCUT2D eigenvalue weighted by atomic mass is 35.5. The summed E-state index contributed by atoms with van der Waals surface area (Å²) in [7, 11) is 0. The first-order valence-corrected chi connectivity index (χ1v) is 6.41. The second-order valence-electron chi connectivity index (χ2n) is 3.99. The summed E-state index contributed by atoms with van der Waals surface area (Å²) in [5, 5.41) is 3.96. The molecule has 0 radical (unpaired) electrons. The van der Waals surface area contributed by atoms with Crippen LogP contribution in [0.1, 0.15) is 25.3 Å². The molecule has 0 bridgehead atoms. The molecule has 0 aliphatic rings. The molecule has 1 rings (SSSR count). The molecular formula is C13H19ClN2O2. The summed E-state index contributed by atoms with van der Waals surface area (Å²) in [6.45, 7) is 4.03. The fourth-order valence-corrected chi connectivity index (χ4v) is 1.68. The molecule has 18 heavy (non-hydrogen) atoms. The van der Waals surface area contributed by atoms with E-state index in [9.17, 15) is 4.79 Å². The summed E-state index contributed by atoms with van der Waals surface area (Å²) >= 11 is 5.96. The van der Waals surface area contributed by atoms with E-state index in [2.05, 4.69) is 12.2 Å². The maximum atomic E-state index is 10.6. The van der Waals surface area contributed by atoms with E-state index in [-0.39, 0.29) is 18.9 Å². The van der Waals surface area contributed by atoms with Crippen LogP contribution in [0.2, 0.25) is 5.02 Å². The molecule has 0 saturated carbocycles. The molecule has 1 amide bonds. The highest BCUT2D eigenvalue weighted by Gasteiger charge is 2.05. The van der Waals surface area contributed by atoms with Gasteiger partial charge in [-0.25, -0.2) is 0 Å². The number of carbonyl (C=O) groups excluding carboxylic acids is 1. The maximum absolute atomic E-state index is 10.6. The van der Waals surface area contributed by atoms with Crippen LogP contribution in [0, 0.1) is 0 Å². The number of halogens is 1. The Hall–Kier alpha value is -1.26. The molecule has 5 heteroatoms. The zero-order valence-corrected chi connectivity index (χ0v) is 11.3. The molecule has 0 fully saturated rings. The van der Waals surface area contributed by atoms with Gasteiger partial charge in [0.05, 0.1) is 13.0 Å². The third-order valence-corrected chi connectivity index (χ3v) is 2.61. The van der Waals surface area contributed by atoms with Crippen molar-refractivity contribution in [2.45, 2.75) is 26.3 Å². The first-order valence-electron chi connectivity index (χ1n) is 6.03. The normalized spacial score (nSPS) is 10.3. The number of amides is 1. The molecule has 4 nitrogen and oxygen atoms in total. The van der Waals surface area contributed by atoms with Crippen molar-refractivity contribution in [1.29, 1.82) is 0 Å². The second kappa shape index (κ2) is 7.95. The summed E-state index contributed by atoms with van der Waals surface area (Å²) in [5.41, 5.74) is 6.05. The standard InChI is InChI=1S/C13H19ClN2O2/c1-2-6-16-9-10-8-11(14)3-4-12(10)18-7-5-13(15)17/h3-4,8,16H,2,5-7,9H2,1H3,(H2,15,17). The van der Waals surface area contributed by atoms with Gasteiger partial charge in [0.2, 0.25) is 5.91 Å². The van der Waals surface area contributed by atoms with Gasteiger partial charge >= 0.3 is 0 Å². The zero-order chi connectivity index (χ0) is 13.4. The van der Waals surface area contributed by atoms with Gasteiger partial charge in [0.25, 0.3) is 0 Å². The van der Waals surface area contributed by atoms with Gasteiger partial charge in [0.15, 0.2) is 0 Å². The van der Waals surface area contributed by atoms with Crippen LogP contribution in [0.5, 0.6) is 5.75 Å². The molecule has 3 N–H and O–H groups in total. The van der Waals surface area contributed by atoms with Gasteiger partial charge in [-0.15, -0.1) is 0 Å². The zero-order valence-electron chi connectivity index (χ0n) is 10.5. The first-order chi connectivity index (χ1) is 8.63. The van der Waals surface area contributed by atoms with E-state index >= 15 is 0 Å². The lowest BCUT2D eigenvalue weighted by molar-refractivity contribution is -0.118. The number of ether oxygens (including phenoxy) is 1. The Morgan fingerprint density at radius 3 is 2.94 bits per heavy atom. The molecule has 0 aliphatic heterocycles. The van der Waals surface area contributed by atoms with Crippen LogP contribution in [0.25, 0.3) is 0 Å². The number of nitrogens with one attached hydrogen (secondary N) is 1. The molecule has 0 heterocycles. The average molecular weight is 271 g/mol. The fraction of sp³-hybridized carbons (Fsp3) is 0.462. The molecule has 1 aromatic rings. The van der Waals surface area contributed by atoms with Gasteiger partial charge in [0.1, 0.15) is 5.75 Å². The Morgan fingerprint density at radius 1 is 1.50 bits per heavy atom. The van der Waals surface area contributed by atoms with Gasteiger partial charge in [0, 0.05) is 17.1 Å². The molecule has 100 valence electrons. The summed E-state index contributed by atoms with van der Waals surface area (Å²) in [6, 6.07) is 5.45. The lowest BCUT2D eigenvalue weighted by Gasteiger charge is -2.12. The van der Waals surface area contributed by atoms with Gasteiger partial charge < -0.3 is 15.8 Å². The van der Waals surface area contributed by atoms with E-state index in [1.54, 1.807) is 6.07 Å². The van der Waals surface area contributed by atoms with Gasteiger partial charge in [-0.05, 0) is 31.2 Å². The number of nitrogens with two attached hydrogens (primary N) is 1. The molecule has 1 aromatic carbocycles. The minimum absolute atomic E-state index is 0.213. The van der Waals surface area contributed by atoms with Crippen molar-refractivity contribution in [3.05, 3.63) is 28.8 Å². The van der Waals surface area contributed by atoms with Crippen molar-refractivity contribution in [2.24, 2.45) is 5.73 Å². The van der Waals surface area contributed by atoms with E-state index in [0.717, 1.165) is 24.3 Å². The Kier molecular flexibility index (Phi) is 6.54. The van der Waals surface area contributed by atoms with Crippen molar-refractivity contribution < 1.29 is 9.53 Å². The lowest BCUT2D eigenvalue weighted by atomic mass is 10.2. The summed E-state index contributed by atoms with van der Waals surface area (Å²) in [6.07, 6.45) is 1.28. The van der Waals surface area contributed by atoms with Crippen LogP contribution in [0.4, 0.5) is 0 Å². The largest absolute Gasteiger partial charge is 0.493 e. The van der Waals surface area contributed by atoms with Crippen molar-refractivity contribution in [3.8, 4) is 5.75 Å². The Bertz CT molecular complexity index is 397. The Balaban J connectivity index is 2.60. The average Bonchev–Trinajstić information content (AvgIpc) is 2.32. The lowest BCUT2D eigenvalue weighted by Crippen LogP contribution is -2.17. The van der Waals surface area contributed by atoms with E-state index in [4.69, 9.17) is 22.1 Å². The van der Waals surface area contributed by atoms with E-state index in [1.807, 2.05) is 12.1 Å². The predicted octanol–water partition coefficient (Wildman–Crippen LogP) is 2.09. The third kappa shape index (κ3) is 5.38. The van der Waals surface area contributed by atoms with Gasteiger partial charge in [-0.1, -0.05) is 18.5 Å². The van der Waals surface area contributed by atoms with E-state index in [1.165, 1.54) is 0 Å². The minimum atomic E-state index is -0.366. The monoisotopic (exact) mass is 270 g/mol. The van der Waals surface area contributed by atoms with E-state index < -0.39 is 0 Å². The van der Waals surface area contributed by atoms with Gasteiger partial charge in [-0.3, -0.25) is 4.79 Å². The molecule has 0 saturated heterocycles. The highest BCUT2D eigenvalue weighted by molar-refractivity contribution is 6.30. The molecule has 0 aromatic heterocycles. The number of rotatable bonds is 8. The van der Waals surface area contributed by atoms with Crippen LogP contribution in [-0.2, 0) is 11.3 Å². The van der Waals surface area contributed by atoms with E-state index in [0.29, 0.717) is 11.6 Å². The molecule has 0 spiro atoms. The number of hydrogen-bond acceptors (Lipinski definition) is 3. The maximum Gasteiger partial charge on any atom is 0.220 e. The van der Waals surface area contributed by atoms with Crippen LogP contribution in [0.3, 0.4) is 0 Å². The van der Waals surface area contributed by atoms with Crippen LogP contribution < -0.4 is 15.8 Å². The third-order valence-electron chi connectivity index (χ3n) is 2.37. The molecule has 0 unspecified atom stereocenters. The first kappa shape index (κ1) is 14.8. The fourth-order valence-electron chi connectivity index (χ4n) is 1.49. The quantitative estimate of drug-likeness (QED) is 0.711. The minimum Gasteiger partial charge on any atom is -0.493 e. The van der Waals surface area contributed by atoms with Crippen LogP contribution >= 0.6 is 11.6 Å².